The second-order valence-corrected chi connectivity index (χ2v) is 20.6. The SMILES string of the molecule is CN1CCN(Cc2ccc(CC(=O)c3ccc(C#Cc4cnc(N)c5ccccc45)cc3)cc2C(F)(F)F)CC1.Cc1cc(C(=O)Cc2ccc(CN3CCN(C)CC3)c(C(F)(F)F)c2)ccc1C#Cc1cnc(N)c2ccccc12. The highest BCUT2D eigenvalue weighted by atomic mass is 19.4. The Kier molecular flexibility index (Phi) is 17.7. The van der Waals surface area contributed by atoms with E-state index in [9.17, 15) is 35.9 Å². The first kappa shape index (κ1) is 57.3. The number of halogens is 6. The van der Waals surface area contributed by atoms with Gasteiger partial charge < -0.3 is 21.3 Å². The largest absolute Gasteiger partial charge is 0.416 e. The molecule has 0 spiro atoms. The number of nitrogens with zero attached hydrogens (tertiary/aromatic N) is 6. The number of hydrogen-bond donors (Lipinski definition) is 2. The van der Waals surface area contributed by atoms with E-state index in [-0.39, 0.29) is 48.6 Å². The van der Waals surface area contributed by atoms with E-state index in [0.29, 0.717) is 39.5 Å². The molecule has 2 saturated heterocycles. The van der Waals surface area contributed by atoms with Gasteiger partial charge in [-0.25, -0.2) is 9.97 Å². The minimum atomic E-state index is -4.50. The fourth-order valence-corrected chi connectivity index (χ4v) is 9.96. The number of fused-ring (bicyclic) bond motifs is 2. The molecule has 0 radical (unpaired) electrons. The zero-order valence-corrected chi connectivity index (χ0v) is 45.2. The number of aromatic nitrogens is 2. The summed E-state index contributed by atoms with van der Waals surface area (Å²) in [5, 5.41) is 3.47. The number of Topliss-reactive ketones (excluding diaryl/α,β-unsaturated/α-hetero) is 2. The van der Waals surface area contributed by atoms with Crippen molar-refractivity contribution in [3.63, 3.8) is 0 Å². The summed E-state index contributed by atoms with van der Waals surface area (Å²) in [6.07, 6.45) is -5.95. The third-order valence-electron chi connectivity index (χ3n) is 14.7. The average molecular weight is 1100 g/mol. The van der Waals surface area contributed by atoms with Crippen LogP contribution in [0.25, 0.3) is 21.5 Å². The molecule has 414 valence electrons. The number of piperazine rings is 2. The summed E-state index contributed by atoms with van der Waals surface area (Å²) in [4.78, 5) is 42.8. The monoisotopic (exact) mass is 1100 g/mol. The predicted molar refractivity (Wildman–Crippen MR) is 306 cm³/mol. The number of carbonyl (C=O) groups excluding carboxylic acids is 2. The van der Waals surface area contributed by atoms with Crippen LogP contribution in [0.4, 0.5) is 38.0 Å². The van der Waals surface area contributed by atoms with Crippen LogP contribution in [0.1, 0.15) is 81.9 Å². The van der Waals surface area contributed by atoms with Gasteiger partial charge in [0.15, 0.2) is 11.6 Å². The van der Waals surface area contributed by atoms with E-state index in [1.165, 1.54) is 12.1 Å². The summed E-state index contributed by atoms with van der Waals surface area (Å²) >= 11 is 0. The van der Waals surface area contributed by atoms with Gasteiger partial charge in [-0.2, -0.15) is 26.3 Å². The lowest BCUT2D eigenvalue weighted by atomic mass is 9.96. The zero-order chi connectivity index (χ0) is 57.4. The van der Waals surface area contributed by atoms with Crippen molar-refractivity contribution in [2.24, 2.45) is 0 Å². The van der Waals surface area contributed by atoms with E-state index in [1.807, 2.05) is 79.3 Å². The smallest absolute Gasteiger partial charge is 0.383 e. The quantitative estimate of drug-likeness (QED) is 0.0777. The van der Waals surface area contributed by atoms with Crippen LogP contribution in [0.3, 0.4) is 0 Å². The number of nitrogens with two attached hydrogens (primary N) is 2. The maximum absolute atomic E-state index is 14.0. The summed E-state index contributed by atoms with van der Waals surface area (Å²) in [7, 11) is 4.01. The molecule has 2 aliphatic rings. The molecular formula is C65H60F6N8O2. The summed E-state index contributed by atoms with van der Waals surface area (Å²) < 4.78 is 83.7. The molecule has 10 rings (SSSR count). The van der Waals surface area contributed by atoms with Gasteiger partial charge in [0.2, 0.25) is 0 Å². The highest BCUT2D eigenvalue weighted by Crippen LogP contribution is 2.36. The lowest BCUT2D eigenvalue weighted by Gasteiger charge is -2.33. The summed E-state index contributed by atoms with van der Waals surface area (Å²) in [5.74, 6) is 12.9. The maximum Gasteiger partial charge on any atom is 0.416 e. The fourth-order valence-electron chi connectivity index (χ4n) is 9.96. The van der Waals surface area contributed by atoms with Gasteiger partial charge >= 0.3 is 12.4 Å². The molecule has 4 heterocycles. The van der Waals surface area contributed by atoms with Crippen molar-refractivity contribution in [3.05, 3.63) is 212 Å². The molecule has 0 amide bonds. The van der Waals surface area contributed by atoms with Crippen LogP contribution in [-0.2, 0) is 38.3 Å². The zero-order valence-electron chi connectivity index (χ0n) is 45.2. The number of benzene rings is 6. The van der Waals surface area contributed by atoms with Crippen LogP contribution in [0.2, 0.25) is 0 Å². The standard InChI is InChI=1S/C33H31F3N4O.C32H29F3N4O/c1-22-17-25(11-9-24(22)10-12-26-20-38-32(37)29-6-4-3-5-28(26)29)31(41)19-23-7-8-27(30(18-23)33(34,35)36)21-40-15-13-39(2)14-16-40;1-38-14-16-39(17-15-38)21-26-13-9-23(18-29(26)32(33,34)35)19-30(40)24-10-6-22(7-11-24)8-12-25-20-37-31(36)28-5-3-2-4-27(25)28/h3-9,11,17-18,20H,13-16,19,21H2,1-2H3,(H2,37,38);2-7,9-11,13,18,20H,14-17,19,21H2,1H3,(H2,36,37). The minimum Gasteiger partial charge on any atom is -0.383 e. The lowest BCUT2D eigenvalue weighted by Crippen LogP contribution is -2.44. The molecule has 16 heteroatoms. The van der Waals surface area contributed by atoms with Crippen molar-refractivity contribution in [1.82, 2.24) is 29.6 Å². The Hall–Kier alpha value is -8.38. The van der Waals surface area contributed by atoms with Crippen molar-refractivity contribution >= 4 is 44.7 Å². The van der Waals surface area contributed by atoms with Crippen LogP contribution in [-0.4, -0.2) is 108 Å². The second-order valence-electron chi connectivity index (χ2n) is 20.6. The summed E-state index contributed by atoms with van der Waals surface area (Å²) in [5.41, 5.74) is 16.3. The fraction of sp³-hybridized carbons (Fsp3) is 0.262. The first-order chi connectivity index (χ1) is 38.7. The molecule has 0 bridgehead atoms. The molecular weight excluding hydrogens is 1040 g/mol. The van der Waals surface area contributed by atoms with Gasteiger partial charge in [-0.3, -0.25) is 19.4 Å². The normalized spacial score (nSPS) is 14.6. The van der Waals surface area contributed by atoms with Crippen LogP contribution in [0.15, 0.2) is 140 Å². The number of pyridine rings is 2. The van der Waals surface area contributed by atoms with E-state index in [4.69, 9.17) is 11.5 Å². The molecule has 6 aromatic carbocycles. The van der Waals surface area contributed by atoms with Gasteiger partial charge in [0.1, 0.15) is 11.6 Å². The van der Waals surface area contributed by atoms with Gasteiger partial charge in [0.25, 0.3) is 0 Å². The number of ketones is 2. The molecule has 81 heavy (non-hydrogen) atoms. The van der Waals surface area contributed by atoms with E-state index in [0.717, 1.165) is 108 Å². The van der Waals surface area contributed by atoms with Crippen molar-refractivity contribution < 1.29 is 35.9 Å². The number of carbonyl (C=O) groups is 2. The maximum atomic E-state index is 14.0. The number of nitrogen functional groups attached to an aromatic ring is 2. The molecule has 4 N–H and O–H groups in total. The number of rotatable bonds is 10. The third-order valence-corrected chi connectivity index (χ3v) is 14.7. The Bertz CT molecular complexity index is 3750. The van der Waals surface area contributed by atoms with E-state index >= 15 is 0 Å². The van der Waals surface area contributed by atoms with Gasteiger partial charge in [-0.1, -0.05) is 115 Å². The topological polar surface area (TPSA) is 125 Å². The first-order valence-corrected chi connectivity index (χ1v) is 26.5. The Balaban J connectivity index is 0.000000196. The summed E-state index contributed by atoms with van der Waals surface area (Å²) in [6.45, 7) is 8.53. The molecule has 2 fully saturated rings. The van der Waals surface area contributed by atoms with Crippen LogP contribution in [0, 0.1) is 30.6 Å². The van der Waals surface area contributed by atoms with Gasteiger partial charge in [0, 0.05) is 134 Å². The first-order valence-electron chi connectivity index (χ1n) is 26.5. The molecule has 8 aromatic rings. The average Bonchev–Trinajstić information content (AvgIpc) is 3.47. The van der Waals surface area contributed by atoms with Crippen molar-refractivity contribution in [2.45, 2.75) is 45.2 Å². The Morgan fingerprint density at radius 3 is 1.35 bits per heavy atom. The molecule has 0 unspecified atom stereocenters. The van der Waals surface area contributed by atoms with Gasteiger partial charge in [-0.05, 0) is 85.2 Å². The molecule has 2 aliphatic heterocycles. The Morgan fingerprint density at radius 1 is 0.494 bits per heavy atom. The molecule has 0 saturated carbocycles. The van der Waals surface area contributed by atoms with Crippen LogP contribution < -0.4 is 11.5 Å². The summed E-state index contributed by atoms with van der Waals surface area (Å²) in [6, 6.07) is 35.7. The van der Waals surface area contributed by atoms with Crippen LogP contribution in [0.5, 0.6) is 0 Å². The Labute approximate surface area is 467 Å². The third kappa shape index (κ3) is 14.5. The highest BCUT2D eigenvalue weighted by Gasteiger charge is 2.36. The van der Waals surface area contributed by atoms with Gasteiger partial charge in [0.05, 0.1) is 22.3 Å². The van der Waals surface area contributed by atoms with E-state index < -0.39 is 23.5 Å². The number of likely N-dealkylation sites (N-methyl/N-ethyl adjacent to an activating group) is 2. The van der Waals surface area contributed by atoms with E-state index in [2.05, 4.69) is 43.4 Å². The molecule has 2 aromatic heterocycles. The van der Waals surface area contributed by atoms with Crippen molar-refractivity contribution in [3.8, 4) is 23.7 Å². The number of anilines is 2. The number of alkyl halides is 6. The van der Waals surface area contributed by atoms with Crippen molar-refractivity contribution in [2.75, 3.05) is 77.9 Å². The van der Waals surface area contributed by atoms with E-state index in [1.54, 1.807) is 67.0 Å². The lowest BCUT2D eigenvalue weighted by molar-refractivity contribution is -0.139. The predicted octanol–water partition coefficient (Wildman–Crippen LogP) is 11.1. The molecule has 0 aliphatic carbocycles. The Morgan fingerprint density at radius 2 is 0.901 bits per heavy atom. The highest BCUT2D eigenvalue weighted by molar-refractivity contribution is 5.99. The number of aryl methyl sites for hydroxylation is 1. The van der Waals surface area contributed by atoms with Crippen LogP contribution >= 0.6 is 0 Å². The second kappa shape index (κ2) is 25.0. The molecule has 10 nitrogen and oxygen atoms in total. The van der Waals surface area contributed by atoms with Gasteiger partial charge in [-0.15, -0.1) is 0 Å². The minimum absolute atomic E-state index is 0.119. The number of hydrogen-bond acceptors (Lipinski definition) is 10. The van der Waals surface area contributed by atoms with Crippen molar-refractivity contribution in [1.29, 1.82) is 0 Å². The molecule has 0 atom stereocenters.